The number of benzene rings is 3. The van der Waals surface area contributed by atoms with Crippen LogP contribution in [0.2, 0.25) is 0 Å². The van der Waals surface area contributed by atoms with Gasteiger partial charge in [0.15, 0.2) is 0 Å². The molecule has 3 rings (SSSR count). The molecule has 0 aliphatic carbocycles. The maximum atomic E-state index is 12.2. The Labute approximate surface area is 152 Å². The van der Waals surface area contributed by atoms with Crippen molar-refractivity contribution in [3.05, 3.63) is 71.8 Å². The monoisotopic (exact) mass is 347 g/mol. The lowest BCUT2D eigenvalue weighted by molar-refractivity contribution is -0.121. The highest BCUT2D eigenvalue weighted by Gasteiger charge is 2.12. The van der Waals surface area contributed by atoms with Crippen LogP contribution in [0.3, 0.4) is 0 Å². The number of nitrogens with zero attached hydrogens (tertiary/aromatic N) is 1. The van der Waals surface area contributed by atoms with Gasteiger partial charge in [-0.05, 0) is 42.3 Å². The third-order valence-corrected chi connectivity index (χ3v) is 4.23. The summed E-state index contributed by atoms with van der Waals surface area (Å²) in [5.74, 6) is -0.142. The van der Waals surface area contributed by atoms with Crippen LogP contribution in [0.5, 0.6) is 5.75 Å². The molecule has 1 unspecified atom stereocenters. The number of aryl methyl sites for hydroxylation is 1. The number of nitrogens with one attached hydrogen (secondary N) is 2. The van der Waals surface area contributed by atoms with E-state index in [4.69, 9.17) is 0 Å². The molecule has 3 aromatic carbocycles. The lowest BCUT2D eigenvalue weighted by Gasteiger charge is -2.15. The molecule has 0 saturated carbocycles. The Hall–Kier alpha value is -3.34. The van der Waals surface area contributed by atoms with Crippen LogP contribution in [-0.2, 0) is 4.79 Å². The molecule has 3 aromatic rings. The number of hydrogen-bond donors (Lipinski definition) is 3. The van der Waals surface area contributed by atoms with Crippen LogP contribution >= 0.6 is 0 Å². The smallest absolute Gasteiger partial charge is 0.262 e. The fourth-order valence-corrected chi connectivity index (χ4v) is 2.71. The molecule has 0 radical (unpaired) electrons. The first-order valence-electron chi connectivity index (χ1n) is 8.42. The Morgan fingerprint density at radius 3 is 2.62 bits per heavy atom. The van der Waals surface area contributed by atoms with Crippen molar-refractivity contribution in [2.45, 2.75) is 19.9 Å². The SMILES string of the molecule is Cc1ccccc1NC(C)C(=O)NN=Cc1c(O)ccc2ccccc12. The number of para-hydroxylation sites is 1. The third kappa shape index (κ3) is 3.83. The van der Waals surface area contributed by atoms with Crippen molar-refractivity contribution >= 4 is 28.6 Å². The van der Waals surface area contributed by atoms with Gasteiger partial charge in [0.2, 0.25) is 0 Å². The molecule has 26 heavy (non-hydrogen) atoms. The molecule has 5 nitrogen and oxygen atoms in total. The van der Waals surface area contributed by atoms with Crippen molar-refractivity contribution in [2.24, 2.45) is 5.10 Å². The molecule has 5 heteroatoms. The molecule has 0 fully saturated rings. The number of anilines is 1. The van der Waals surface area contributed by atoms with Gasteiger partial charge in [0.1, 0.15) is 11.8 Å². The summed E-state index contributed by atoms with van der Waals surface area (Å²) in [6.07, 6.45) is 1.47. The first kappa shape index (κ1) is 17.5. The third-order valence-electron chi connectivity index (χ3n) is 4.23. The van der Waals surface area contributed by atoms with E-state index >= 15 is 0 Å². The summed E-state index contributed by atoms with van der Waals surface area (Å²) in [5.41, 5.74) is 5.07. The zero-order chi connectivity index (χ0) is 18.5. The van der Waals surface area contributed by atoms with E-state index in [1.165, 1.54) is 6.21 Å². The van der Waals surface area contributed by atoms with Crippen LogP contribution in [0.4, 0.5) is 5.69 Å². The highest BCUT2D eigenvalue weighted by Crippen LogP contribution is 2.25. The Bertz CT molecular complexity index is 966. The molecule has 3 N–H and O–H groups in total. The van der Waals surface area contributed by atoms with Crippen molar-refractivity contribution in [3.8, 4) is 5.75 Å². The van der Waals surface area contributed by atoms with Gasteiger partial charge in [-0.3, -0.25) is 4.79 Å². The van der Waals surface area contributed by atoms with Crippen LogP contribution in [0.15, 0.2) is 65.8 Å². The molecule has 132 valence electrons. The van der Waals surface area contributed by atoms with E-state index in [0.29, 0.717) is 5.56 Å². The summed E-state index contributed by atoms with van der Waals surface area (Å²) in [6.45, 7) is 3.75. The quantitative estimate of drug-likeness (QED) is 0.485. The summed E-state index contributed by atoms with van der Waals surface area (Å²) < 4.78 is 0. The molecule has 0 aliphatic heterocycles. The fraction of sp³-hybridized carbons (Fsp3) is 0.143. The van der Waals surface area contributed by atoms with Gasteiger partial charge < -0.3 is 10.4 Å². The van der Waals surface area contributed by atoms with Gasteiger partial charge >= 0.3 is 0 Å². The van der Waals surface area contributed by atoms with E-state index < -0.39 is 6.04 Å². The summed E-state index contributed by atoms with van der Waals surface area (Å²) in [6, 6.07) is 18.5. The number of phenolic OH excluding ortho intramolecular Hbond substituents is 1. The molecule has 0 spiro atoms. The highest BCUT2D eigenvalue weighted by atomic mass is 16.3. The van der Waals surface area contributed by atoms with Crippen molar-refractivity contribution in [3.63, 3.8) is 0 Å². The number of rotatable bonds is 5. The van der Waals surface area contributed by atoms with E-state index in [9.17, 15) is 9.90 Å². The van der Waals surface area contributed by atoms with Gasteiger partial charge in [0.25, 0.3) is 5.91 Å². The molecule has 0 heterocycles. The normalized spacial score (nSPS) is 12.2. The number of phenols is 1. The van der Waals surface area contributed by atoms with Crippen LogP contribution in [0, 0.1) is 6.92 Å². The average molecular weight is 347 g/mol. The molecule has 0 aromatic heterocycles. The molecule has 0 bridgehead atoms. The number of amides is 1. The zero-order valence-corrected chi connectivity index (χ0v) is 14.7. The van der Waals surface area contributed by atoms with E-state index in [-0.39, 0.29) is 11.7 Å². The number of hydrazone groups is 1. The minimum absolute atomic E-state index is 0.118. The number of carbonyl (C=O) groups excluding carboxylic acids is 1. The van der Waals surface area contributed by atoms with Gasteiger partial charge in [-0.15, -0.1) is 0 Å². The van der Waals surface area contributed by atoms with E-state index in [0.717, 1.165) is 22.0 Å². The Morgan fingerprint density at radius 2 is 1.81 bits per heavy atom. The van der Waals surface area contributed by atoms with Crippen LogP contribution in [0.1, 0.15) is 18.1 Å². The average Bonchev–Trinajstić information content (AvgIpc) is 2.65. The zero-order valence-electron chi connectivity index (χ0n) is 14.7. The lowest BCUT2D eigenvalue weighted by atomic mass is 10.0. The van der Waals surface area contributed by atoms with Crippen LogP contribution in [0.25, 0.3) is 10.8 Å². The molecule has 1 atom stereocenters. The maximum Gasteiger partial charge on any atom is 0.262 e. The summed E-state index contributed by atoms with van der Waals surface area (Å²) in [5, 5.41) is 19.1. The fourth-order valence-electron chi connectivity index (χ4n) is 2.71. The Balaban J connectivity index is 1.70. The van der Waals surface area contributed by atoms with Crippen molar-refractivity contribution in [1.29, 1.82) is 0 Å². The molecular formula is C21H21N3O2. The highest BCUT2D eigenvalue weighted by molar-refractivity contribution is 6.02. The lowest BCUT2D eigenvalue weighted by Crippen LogP contribution is -2.35. The second-order valence-electron chi connectivity index (χ2n) is 6.13. The largest absolute Gasteiger partial charge is 0.507 e. The first-order valence-corrected chi connectivity index (χ1v) is 8.42. The summed E-state index contributed by atoms with van der Waals surface area (Å²) >= 11 is 0. The van der Waals surface area contributed by atoms with Crippen molar-refractivity contribution < 1.29 is 9.90 Å². The predicted molar refractivity (Wildman–Crippen MR) is 106 cm³/mol. The van der Waals surface area contributed by atoms with Crippen LogP contribution < -0.4 is 10.7 Å². The Kier molecular flexibility index (Phi) is 5.17. The molecule has 0 aliphatic rings. The second kappa shape index (κ2) is 7.70. The number of hydrogen-bond acceptors (Lipinski definition) is 4. The van der Waals surface area contributed by atoms with Gasteiger partial charge in [-0.2, -0.15) is 5.10 Å². The number of fused-ring (bicyclic) bond motifs is 1. The minimum Gasteiger partial charge on any atom is -0.507 e. The van der Waals surface area contributed by atoms with E-state index in [1.807, 2.05) is 61.5 Å². The van der Waals surface area contributed by atoms with E-state index in [2.05, 4.69) is 15.8 Å². The predicted octanol–water partition coefficient (Wildman–Crippen LogP) is 3.80. The second-order valence-corrected chi connectivity index (χ2v) is 6.13. The van der Waals surface area contributed by atoms with Crippen molar-refractivity contribution in [1.82, 2.24) is 5.43 Å². The van der Waals surface area contributed by atoms with Crippen molar-refractivity contribution in [2.75, 3.05) is 5.32 Å². The van der Waals surface area contributed by atoms with Gasteiger partial charge in [0, 0.05) is 11.3 Å². The molecule has 0 saturated heterocycles. The first-order chi connectivity index (χ1) is 12.6. The van der Waals surface area contributed by atoms with Gasteiger partial charge in [0.05, 0.1) is 6.21 Å². The minimum atomic E-state index is -0.450. The van der Waals surface area contributed by atoms with Gasteiger partial charge in [-0.1, -0.05) is 48.5 Å². The Morgan fingerprint density at radius 1 is 1.08 bits per heavy atom. The number of aromatic hydroxyl groups is 1. The van der Waals surface area contributed by atoms with Crippen LogP contribution in [-0.4, -0.2) is 23.3 Å². The van der Waals surface area contributed by atoms with Gasteiger partial charge in [-0.25, -0.2) is 5.43 Å². The standard InChI is InChI=1S/C21H21N3O2/c1-14-7-3-6-10-19(14)23-15(2)21(26)24-22-13-18-17-9-5-4-8-16(17)11-12-20(18)25/h3-13,15,23,25H,1-2H3,(H,24,26). The topological polar surface area (TPSA) is 73.7 Å². The molecule has 1 amide bonds. The van der Waals surface area contributed by atoms with E-state index in [1.54, 1.807) is 13.0 Å². The summed E-state index contributed by atoms with van der Waals surface area (Å²) in [4.78, 5) is 12.2. The maximum absolute atomic E-state index is 12.2. The number of carbonyl (C=O) groups is 1. The summed E-state index contributed by atoms with van der Waals surface area (Å²) in [7, 11) is 0. The molecular weight excluding hydrogens is 326 g/mol.